The second-order valence-electron chi connectivity index (χ2n) is 9.10. The summed E-state index contributed by atoms with van der Waals surface area (Å²) in [6.45, 7) is 3.63. The van der Waals surface area contributed by atoms with Gasteiger partial charge in [-0.3, -0.25) is 23.9 Å². The summed E-state index contributed by atoms with van der Waals surface area (Å²) in [5.41, 5.74) is 1.82. The molecule has 39 heavy (non-hydrogen) atoms. The number of carbonyl (C=O) groups is 2. The number of thiocarbonyl (C=S) groups is 1. The van der Waals surface area contributed by atoms with E-state index in [-0.39, 0.29) is 48.5 Å². The van der Waals surface area contributed by atoms with Gasteiger partial charge in [-0.2, -0.15) is 5.26 Å². The molecule has 0 saturated carbocycles. The highest BCUT2D eigenvalue weighted by Gasteiger charge is 2.32. The van der Waals surface area contributed by atoms with Gasteiger partial charge in [0.2, 0.25) is 5.88 Å². The Kier molecular flexibility index (Phi) is 8.70. The molecule has 1 amide bonds. The van der Waals surface area contributed by atoms with Gasteiger partial charge in [0.05, 0.1) is 17.0 Å². The average molecular weight is 578 g/mol. The number of aryl methyl sites for hydroxylation is 1. The number of hydrogen-bond acceptors (Lipinski definition) is 7. The molecule has 1 aliphatic rings. The molecule has 0 bridgehead atoms. The van der Waals surface area contributed by atoms with E-state index in [2.05, 4.69) is 0 Å². The summed E-state index contributed by atoms with van der Waals surface area (Å²) in [7, 11) is 0. The first-order valence-corrected chi connectivity index (χ1v) is 13.7. The first-order valence-electron chi connectivity index (χ1n) is 12.1. The minimum atomic E-state index is -0.658. The predicted octanol–water partition coefficient (Wildman–Crippen LogP) is 5.61. The van der Waals surface area contributed by atoms with Gasteiger partial charge in [-0.25, -0.2) is 0 Å². The summed E-state index contributed by atoms with van der Waals surface area (Å²) in [5, 5.41) is 21.2. The average Bonchev–Trinajstić information content (AvgIpc) is 3.16. The monoisotopic (exact) mass is 577 g/mol. The highest BCUT2D eigenvalue weighted by Crippen LogP contribution is 2.33. The minimum absolute atomic E-state index is 0.0106. The van der Waals surface area contributed by atoms with Crippen molar-refractivity contribution in [3.8, 4) is 11.9 Å². The molecule has 2 heterocycles. The Morgan fingerprint density at radius 1 is 1.13 bits per heavy atom. The van der Waals surface area contributed by atoms with Crippen molar-refractivity contribution in [3.63, 3.8) is 0 Å². The zero-order valence-corrected chi connectivity index (χ0v) is 23.6. The molecule has 0 radical (unpaired) electrons. The van der Waals surface area contributed by atoms with E-state index in [1.807, 2.05) is 37.3 Å². The van der Waals surface area contributed by atoms with E-state index in [0.29, 0.717) is 14.2 Å². The maximum absolute atomic E-state index is 13.2. The molecule has 2 aromatic carbocycles. The van der Waals surface area contributed by atoms with Gasteiger partial charge >= 0.3 is 0 Å². The van der Waals surface area contributed by atoms with E-state index >= 15 is 0 Å². The number of aromatic hydroxyl groups is 1. The molecular weight excluding hydrogens is 554 g/mol. The summed E-state index contributed by atoms with van der Waals surface area (Å²) in [4.78, 5) is 41.0. The number of carbonyl (C=O) groups excluding carboxylic acids is 2. The van der Waals surface area contributed by atoms with Crippen LogP contribution < -0.4 is 5.56 Å². The van der Waals surface area contributed by atoms with Crippen molar-refractivity contribution >= 4 is 57.7 Å². The fourth-order valence-electron chi connectivity index (χ4n) is 4.23. The quantitative estimate of drug-likeness (QED) is 0.211. The number of benzene rings is 2. The van der Waals surface area contributed by atoms with Crippen LogP contribution in [0.15, 0.2) is 58.2 Å². The van der Waals surface area contributed by atoms with Crippen LogP contribution in [0, 0.1) is 25.2 Å². The first-order chi connectivity index (χ1) is 18.6. The summed E-state index contributed by atoms with van der Waals surface area (Å²) < 4.78 is 1.44. The number of halogens is 1. The Bertz CT molecular complexity index is 1600. The van der Waals surface area contributed by atoms with Crippen LogP contribution in [0.3, 0.4) is 0 Å². The summed E-state index contributed by atoms with van der Waals surface area (Å²) >= 11 is 12.5. The normalized spacial score (nSPS) is 14.2. The fraction of sp³-hybridized carbons (Fsp3) is 0.207. The van der Waals surface area contributed by atoms with Crippen molar-refractivity contribution in [1.82, 2.24) is 9.47 Å². The SMILES string of the molecule is Cc1ccc(Cn2c(O)c(C(=O)CCCN3C(=O)/C(=C/c4ccc(Cl)cc4)SC3=S)c(C)c(C#N)c2=O)cc1. The molecule has 1 saturated heterocycles. The second-order valence-corrected chi connectivity index (χ2v) is 11.2. The topological polar surface area (TPSA) is 103 Å². The van der Waals surface area contributed by atoms with Gasteiger partial charge in [-0.15, -0.1) is 0 Å². The highest BCUT2D eigenvalue weighted by atomic mass is 35.5. The zero-order chi connectivity index (χ0) is 28.3. The Labute approximate surface area is 240 Å². The number of hydrogen-bond donors (Lipinski definition) is 1. The van der Waals surface area contributed by atoms with Gasteiger partial charge in [0.15, 0.2) is 5.78 Å². The van der Waals surface area contributed by atoms with Crippen molar-refractivity contribution < 1.29 is 14.7 Å². The third-order valence-corrected chi connectivity index (χ3v) is 8.00. The van der Waals surface area contributed by atoms with Crippen LogP contribution in [0.25, 0.3) is 6.08 Å². The molecule has 1 aliphatic heterocycles. The van der Waals surface area contributed by atoms with Crippen LogP contribution in [-0.2, 0) is 11.3 Å². The van der Waals surface area contributed by atoms with Gasteiger partial charge in [-0.05, 0) is 55.2 Å². The molecule has 1 fully saturated rings. The van der Waals surface area contributed by atoms with Gasteiger partial charge in [-0.1, -0.05) is 77.5 Å². The highest BCUT2D eigenvalue weighted by molar-refractivity contribution is 8.26. The van der Waals surface area contributed by atoms with Crippen molar-refractivity contribution in [3.05, 3.63) is 102 Å². The van der Waals surface area contributed by atoms with Crippen LogP contribution in [0.5, 0.6) is 5.88 Å². The van der Waals surface area contributed by atoms with Crippen molar-refractivity contribution in [1.29, 1.82) is 5.26 Å². The summed E-state index contributed by atoms with van der Waals surface area (Å²) in [6.07, 6.45) is 2.00. The molecule has 0 atom stereocenters. The molecule has 1 N–H and O–H groups in total. The fourth-order valence-corrected chi connectivity index (χ4v) is 5.67. The van der Waals surface area contributed by atoms with Crippen molar-refractivity contribution in [2.75, 3.05) is 6.54 Å². The molecular formula is C29H24ClN3O4S2. The van der Waals surface area contributed by atoms with Gasteiger partial charge < -0.3 is 5.11 Å². The summed E-state index contributed by atoms with van der Waals surface area (Å²) in [6, 6.07) is 16.3. The second kappa shape index (κ2) is 12.0. The van der Waals surface area contributed by atoms with Crippen LogP contribution in [0.4, 0.5) is 0 Å². The van der Waals surface area contributed by atoms with E-state index in [9.17, 15) is 24.8 Å². The summed E-state index contributed by atoms with van der Waals surface area (Å²) in [5.74, 6) is -1.15. The number of amides is 1. The molecule has 1 aromatic heterocycles. The Balaban J connectivity index is 1.50. The van der Waals surface area contributed by atoms with Crippen LogP contribution in [0.1, 0.15) is 51.0 Å². The number of ketones is 1. The number of rotatable bonds is 8. The number of pyridine rings is 1. The lowest BCUT2D eigenvalue weighted by Gasteiger charge is -2.17. The maximum Gasteiger partial charge on any atom is 0.271 e. The largest absolute Gasteiger partial charge is 0.494 e. The Hall–Kier alpha value is -3.71. The first kappa shape index (κ1) is 28.3. The molecule has 4 rings (SSSR count). The van der Waals surface area contributed by atoms with Crippen molar-refractivity contribution in [2.45, 2.75) is 33.2 Å². The maximum atomic E-state index is 13.2. The molecule has 0 spiro atoms. The lowest BCUT2D eigenvalue weighted by molar-refractivity contribution is -0.122. The number of nitrogens with zero attached hydrogens (tertiary/aromatic N) is 3. The molecule has 0 unspecified atom stereocenters. The van der Waals surface area contributed by atoms with Gasteiger partial charge in [0, 0.05) is 18.0 Å². The minimum Gasteiger partial charge on any atom is -0.494 e. The van der Waals surface area contributed by atoms with Crippen molar-refractivity contribution in [2.24, 2.45) is 0 Å². The van der Waals surface area contributed by atoms with E-state index in [4.69, 9.17) is 23.8 Å². The predicted molar refractivity (Wildman–Crippen MR) is 157 cm³/mol. The van der Waals surface area contributed by atoms with E-state index in [1.165, 1.54) is 23.6 Å². The Morgan fingerprint density at radius 2 is 1.79 bits per heavy atom. The van der Waals surface area contributed by atoms with E-state index < -0.39 is 17.2 Å². The number of nitriles is 1. The van der Waals surface area contributed by atoms with Crippen LogP contribution in [0.2, 0.25) is 5.02 Å². The van der Waals surface area contributed by atoms with Gasteiger partial charge in [0.1, 0.15) is 16.0 Å². The lowest BCUT2D eigenvalue weighted by Crippen LogP contribution is -2.30. The standard InChI is InChI=1S/C29H24ClN3O4S2/c1-17-5-7-20(8-6-17)16-33-26(35)22(15-31)18(2)25(28(33)37)23(34)4-3-13-32-27(36)24(39-29(32)38)14-19-9-11-21(30)12-10-19/h5-12,14,37H,3-4,13,16H2,1-2H3/b24-14-. The number of Topliss-reactive ketones (excluding diaryl/α,β-unsaturated/α-hetero) is 1. The van der Waals surface area contributed by atoms with Crippen LogP contribution in [-0.4, -0.2) is 37.1 Å². The van der Waals surface area contributed by atoms with E-state index in [1.54, 1.807) is 30.3 Å². The molecule has 0 aliphatic carbocycles. The zero-order valence-electron chi connectivity index (χ0n) is 21.2. The molecule has 10 heteroatoms. The third-order valence-electron chi connectivity index (χ3n) is 6.37. The molecule has 3 aromatic rings. The number of thioether (sulfide) groups is 1. The molecule has 198 valence electrons. The lowest BCUT2D eigenvalue weighted by atomic mass is 9.98. The smallest absolute Gasteiger partial charge is 0.271 e. The van der Waals surface area contributed by atoms with E-state index in [0.717, 1.165) is 21.3 Å². The number of aromatic nitrogens is 1. The van der Waals surface area contributed by atoms with Gasteiger partial charge in [0.25, 0.3) is 11.5 Å². The Morgan fingerprint density at radius 3 is 2.44 bits per heavy atom. The molecule has 7 nitrogen and oxygen atoms in total. The third kappa shape index (κ3) is 6.14. The van der Waals surface area contributed by atoms with Crippen LogP contribution >= 0.6 is 35.6 Å².